The molecule has 2 aromatic heterocycles. The fraction of sp³-hybridized carbons (Fsp3) is 0.304. The van der Waals surface area contributed by atoms with Crippen LogP contribution in [0.2, 0.25) is 0 Å². The number of aryl methyl sites for hydroxylation is 2. The van der Waals surface area contributed by atoms with Crippen molar-refractivity contribution in [1.29, 1.82) is 0 Å². The number of hydrogen-bond acceptors (Lipinski definition) is 7. The molecule has 1 aromatic carbocycles. The third kappa shape index (κ3) is 4.89. The van der Waals surface area contributed by atoms with Crippen LogP contribution in [-0.4, -0.2) is 62.2 Å². The first kappa shape index (κ1) is 22.1. The maximum absolute atomic E-state index is 12.3. The van der Waals surface area contributed by atoms with Crippen molar-refractivity contribution < 1.29 is 14.4 Å². The molecule has 0 bridgehead atoms. The van der Waals surface area contributed by atoms with E-state index in [9.17, 15) is 14.4 Å². The summed E-state index contributed by atoms with van der Waals surface area (Å²) < 4.78 is 1.73. The number of anilines is 1. The van der Waals surface area contributed by atoms with Gasteiger partial charge >= 0.3 is 0 Å². The van der Waals surface area contributed by atoms with Crippen LogP contribution in [0.4, 0.5) is 5.82 Å². The van der Waals surface area contributed by atoms with E-state index in [1.807, 2.05) is 32.0 Å². The normalized spacial score (nSPS) is 12.7. The molecule has 0 spiro atoms. The molecule has 0 radical (unpaired) electrons. The van der Waals surface area contributed by atoms with Crippen molar-refractivity contribution in [3.8, 4) is 5.82 Å². The monoisotopic (exact) mass is 447 g/mol. The first-order chi connectivity index (χ1) is 15.9. The van der Waals surface area contributed by atoms with Gasteiger partial charge in [0.25, 0.3) is 11.8 Å². The summed E-state index contributed by atoms with van der Waals surface area (Å²) in [6, 6.07) is 12.4. The van der Waals surface area contributed by atoms with E-state index in [2.05, 4.69) is 25.9 Å². The fourth-order valence-corrected chi connectivity index (χ4v) is 3.71. The molecule has 0 saturated carbocycles. The average molecular weight is 447 g/mol. The van der Waals surface area contributed by atoms with Crippen molar-refractivity contribution in [3.05, 3.63) is 65.0 Å². The van der Waals surface area contributed by atoms with Crippen molar-refractivity contribution in [1.82, 2.24) is 30.2 Å². The standard InChI is InChI=1S/C23H25N7O3/c1-15-14-16(2)30(28-15)20-10-9-19(26-27-20)24-11-12-25-21(31)8-5-13-29-22(32)17-6-3-4-7-18(17)23(29)33/h3-4,6-7,9-10,14H,5,8,11-13H2,1-2H3,(H,24,26)(H,25,31). The van der Waals surface area contributed by atoms with Gasteiger partial charge in [-0.2, -0.15) is 5.10 Å². The van der Waals surface area contributed by atoms with Crippen LogP contribution in [-0.2, 0) is 4.79 Å². The predicted molar refractivity (Wildman–Crippen MR) is 121 cm³/mol. The molecule has 0 atom stereocenters. The van der Waals surface area contributed by atoms with Crippen LogP contribution >= 0.6 is 0 Å². The van der Waals surface area contributed by atoms with Gasteiger partial charge in [0.15, 0.2) is 5.82 Å². The maximum atomic E-state index is 12.3. The zero-order valence-electron chi connectivity index (χ0n) is 18.5. The van der Waals surface area contributed by atoms with Crippen LogP contribution in [0.1, 0.15) is 44.9 Å². The van der Waals surface area contributed by atoms with Gasteiger partial charge in [0.05, 0.1) is 16.8 Å². The van der Waals surface area contributed by atoms with E-state index in [4.69, 9.17) is 0 Å². The number of imide groups is 1. The van der Waals surface area contributed by atoms with Crippen LogP contribution in [0.5, 0.6) is 0 Å². The molecule has 0 saturated heterocycles. The molecule has 10 nitrogen and oxygen atoms in total. The Balaban J connectivity index is 1.15. The lowest BCUT2D eigenvalue weighted by atomic mass is 10.1. The number of benzene rings is 1. The highest BCUT2D eigenvalue weighted by atomic mass is 16.2. The second-order valence-corrected chi connectivity index (χ2v) is 7.80. The number of fused-ring (bicyclic) bond motifs is 1. The molecule has 0 unspecified atom stereocenters. The minimum absolute atomic E-state index is 0.139. The summed E-state index contributed by atoms with van der Waals surface area (Å²) in [5, 5.41) is 18.6. The van der Waals surface area contributed by atoms with Gasteiger partial charge in [-0.3, -0.25) is 19.3 Å². The zero-order valence-corrected chi connectivity index (χ0v) is 18.5. The van der Waals surface area contributed by atoms with Crippen LogP contribution in [0.3, 0.4) is 0 Å². The van der Waals surface area contributed by atoms with Crippen molar-refractivity contribution in [2.24, 2.45) is 0 Å². The van der Waals surface area contributed by atoms with Gasteiger partial charge in [-0.05, 0) is 50.6 Å². The first-order valence-corrected chi connectivity index (χ1v) is 10.8. The van der Waals surface area contributed by atoms with E-state index in [1.54, 1.807) is 28.9 Å². The first-order valence-electron chi connectivity index (χ1n) is 10.8. The van der Waals surface area contributed by atoms with Crippen molar-refractivity contribution >= 4 is 23.5 Å². The van der Waals surface area contributed by atoms with Crippen LogP contribution in [0.25, 0.3) is 5.82 Å². The SMILES string of the molecule is Cc1cc(C)n(-c2ccc(NCCNC(=O)CCCN3C(=O)c4ccccc4C3=O)nn2)n1. The number of hydrogen-bond donors (Lipinski definition) is 2. The van der Waals surface area contributed by atoms with Gasteiger partial charge in [-0.1, -0.05) is 12.1 Å². The summed E-state index contributed by atoms with van der Waals surface area (Å²) in [5.74, 6) is 0.493. The number of rotatable bonds is 9. The Kier molecular flexibility index (Phi) is 6.43. The number of carbonyl (C=O) groups is 3. The van der Waals surface area contributed by atoms with Crippen LogP contribution < -0.4 is 10.6 Å². The van der Waals surface area contributed by atoms with Gasteiger partial charge in [0.2, 0.25) is 5.91 Å². The molecule has 170 valence electrons. The minimum atomic E-state index is -0.301. The van der Waals surface area contributed by atoms with Gasteiger partial charge in [0.1, 0.15) is 5.82 Å². The van der Waals surface area contributed by atoms with Gasteiger partial charge in [0, 0.05) is 31.7 Å². The average Bonchev–Trinajstić information content (AvgIpc) is 3.28. The molecule has 4 rings (SSSR count). The van der Waals surface area contributed by atoms with Crippen LogP contribution in [0, 0.1) is 13.8 Å². The number of carbonyl (C=O) groups excluding carboxylic acids is 3. The van der Waals surface area contributed by atoms with Gasteiger partial charge in [-0.25, -0.2) is 4.68 Å². The molecule has 0 aliphatic carbocycles. The highest BCUT2D eigenvalue weighted by molar-refractivity contribution is 6.21. The fourth-order valence-electron chi connectivity index (χ4n) is 3.71. The highest BCUT2D eigenvalue weighted by Crippen LogP contribution is 2.22. The lowest BCUT2D eigenvalue weighted by molar-refractivity contribution is -0.121. The second-order valence-electron chi connectivity index (χ2n) is 7.80. The van der Waals surface area contributed by atoms with Gasteiger partial charge < -0.3 is 10.6 Å². The van der Waals surface area contributed by atoms with Crippen molar-refractivity contribution in [2.75, 3.05) is 25.0 Å². The molecule has 3 aromatic rings. The Hall–Kier alpha value is -4.08. The number of nitrogens with zero attached hydrogens (tertiary/aromatic N) is 5. The Labute approximate surface area is 191 Å². The Morgan fingerprint density at radius 2 is 1.70 bits per heavy atom. The summed E-state index contributed by atoms with van der Waals surface area (Å²) in [4.78, 5) is 37.9. The van der Waals surface area contributed by atoms with E-state index >= 15 is 0 Å². The summed E-state index contributed by atoms with van der Waals surface area (Å²) in [7, 11) is 0. The quantitative estimate of drug-likeness (QED) is 0.379. The smallest absolute Gasteiger partial charge is 0.261 e. The molecular weight excluding hydrogens is 422 g/mol. The highest BCUT2D eigenvalue weighted by Gasteiger charge is 2.34. The molecule has 33 heavy (non-hydrogen) atoms. The lowest BCUT2D eigenvalue weighted by Crippen LogP contribution is -2.33. The molecule has 1 aliphatic heterocycles. The zero-order chi connectivity index (χ0) is 23.4. The van der Waals surface area contributed by atoms with Gasteiger partial charge in [-0.15, -0.1) is 10.2 Å². The van der Waals surface area contributed by atoms with E-state index in [0.29, 0.717) is 42.3 Å². The number of aromatic nitrogens is 4. The van der Waals surface area contributed by atoms with E-state index in [0.717, 1.165) is 11.4 Å². The molecule has 3 amide bonds. The maximum Gasteiger partial charge on any atom is 0.261 e. The van der Waals surface area contributed by atoms with E-state index < -0.39 is 0 Å². The largest absolute Gasteiger partial charge is 0.367 e. The summed E-state index contributed by atoms with van der Waals surface area (Å²) in [6.07, 6.45) is 0.633. The number of nitrogens with one attached hydrogen (secondary N) is 2. The summed E-state index contributed by atoms with van der Waals surface area (Å²) in [5.41, 5.74) is 2.73. The second kappa shape index (κ2) is 9.60. The molecular formula is C23H25N7O3. The minimum Gasteiger partial charge on any atom is -0.367 e. The Morgan fingerprint density at radius 1 is 0.970 bits per heavy atom. The topological polar surface area (TPSA) is 122 Å². The Bertz CT molecular complexity index is 1150. The van der Waals surface area contributed by atoms with E-state index in [-0.39, 0.29) is 30.7 Å². The molecule has 10 heteroatoms. The summed E-state index contributed by atoms with van der Waals surface area (Å²) >= 11 is 0. The molecule has 3 heterocycles. The molecule has 2 N–H and O–H groups in total. The van der Waals surface area contributed by atoms with Crippen molar-refractivity contribution in [3.63, 3.8) is 0 Å². The Morgan fingerprint density at radius 3 is 2.30 bits per heavy atom. The van der Waals surface area contributed by atoms with E-state index in [1.165, 1.54) is 4.90 Å². The number of amides is 3. The summed E-state index contributed by atoms with van der Waals surface area (Å²) in [6.45, 7) is 4.99. The third-order valence-electron chi connectivity index (χ3n) is 5.29. The van der Waals surface area contributed by atoms with Crippen molar-refractivity contribution in [2.45, 2.75) is 26.7 Å². The molecule has 1 aliphatic rings. The lowest BCUT2D eigenvalue weighted by Gasteiger charge is -2.13. The molecule has 0 fully saturated rings. The predicted octanol–water partition coefficient (Wildman–Crippen LogP) is 1.88. The third-order valence-corrected chi connectivity index (χ3v) is 5.29. The van der Waals surface area contributed by atoms with Crippen LogP contribution in [0.15, 0.2) is 42.5 Å².